The van der Waals surface area contributed by atoms with E-state index >= 15 is 0 Å². The van der Waals surface area contributed by atoms with Crippen LogP contribution in [0.5, 0.6) is 0 Å². The lowest BCUT2D eigenvalue weighted by Gasteiger charge is -2.42. The van der Waals surface area contributed by atoms with Gasteiger partial charge in [-0.3, -0.25) is 0 Å². The van der Waals surface area contributed by atoms with Crippen molar-refractivity contribution in [1.82, 2.24) is 5.32 Å². The van der Waals surface area contributed by atoms with Crippen LogP contribution in [0.3, 0.4) is 0 Å². The molecule has 1 N–H and O–H groups in total. The Bertz CT molecular complexity index is 982. The maximum absolute atomic E-state index is 14.7. The minimum atomic E-state index is -7.55. The third-order valence-corrected chi connectivity index (χ3v) is 6.12. The van der Waals surface area contributed by atoms with Gasteiger partial charge < -0.3 is 5.32 Å². The van der Waals surface area contributed by atoms with Crippen LogP contribution in [0.1, 0.15) is 17.0 Å². The second-order valence-electron chi connectivity index (χ2n) is 8.11. The average molecular weight is 511 g/mol. The number of benzene rings is 1. The quantitative estimate of drug-likeness (QED) is 0.395. The number of allylic oxidation sites excluding steroid dienone is 2. The summed E-state index contributed by atoms with van der Waals surface area (Å²) in [6.07, 6.45) is -1.90. The van der Waals surface area contributed by atoms with Crippen molar-refractivity contribution in [2.45, 2.75) is 54.4 Å². The van der Waals surface area contributed by atoms with E-state index in [4.69, 9.17) is 0 Å². The SMILES string of the molecule is CNC(C1=CC2Cc3ccccc3C2C=C1)C(F)(F)C(F)(F)C(F)(F)C(F)(F)C(F)(F)C(F)F. The molecule has 3 unspecified atom stereocenters. The molecule has 3 atom stereocenters. The maximum Gasteiger partial charge on any atom is 0.384 e. The van der Waals surface area contributed by atoms with Gasteiger partial charge in [0.15, 0.2) is 0 Å². The Hall–Kier alpha value is -2.18. The summed E-state index contributed by atoms with van der Waals surface area (Å²) in [5.41, 5.74) is 0.955. The predicted octanol–water partition coefficient (Wildman–Crippen LogP) is 6.47. The fraction of sp³-hybridized carbons (Fsp3) is 0.524. The molecule has 13 heteroatoms. The zero-order chi connectivity index (χ0) is 25.9. The number of hydrogen-bond donors (Lipinski definition) is 1. The summed E-state index contributed by atoms with van der Waals surface area (Å²) in [5.74, 6) is -36.2. The van der Waals surface area contributed by atoms with Crippen molar-refractivity contribution in [2.75, 3.05) is 7.05 Å². The Morgan fingerprint density at radius 2 is 1.38 bits per heavy atom. The van der Waals surface area contributed by atoms with E-state index in [-0.39, 0.29) is 12.3 Å². The second kappa shape index (κ2) is 8.20. The van der Waals surface area contributed by atoms with Crippen LogP contribution in [0.4, 0.5) is 52.7 Å². The van der Waals surface area contributed by atoms with E-state index in [1.807, 2.05) is 0 Å². The molecule has 190 valence electrons. The van der Waals surface area contributed by atoms with E-state index in [2.05, 4.69) is 0 Å². The van der Waals surface area contributed by atoms with Crippen molar-refractivity contribution >= 4 is 0 Å². The van der Waals surface area contributed by atoms with Gasteiger partial charge in [-0.25, -0.2) is 8.78 Å². The van der Waals surface area contributed by atoms with E-state index < -0.39 is 53.6 Å². The molecule has 0 saturated carbocycles. The predicted molar refractivity (Wildman–Crippen MR) is 97.2 cm³/mol. The van der Waals surface area contributed by atoms with Crippen molar-refractivity contribution in [3.05, 3.63) is 59.2 Å². The molecule has 0 fully saturated rings. The summed E-state index contributed by atoms with van der Waals surface area (Å²) in [6.45, 7) is 0. The lowest BCUT2D eigenvalue weighted by atomic mass is 9.81. The van der Waals surface area contributed by atoms with Gasteiger partial charge in [-0.2, -0.15) is 43.9 Å². The molecule has 3 rings (SSSR count). The Labute approximate surface area is 185 Å². The van der Waals surface area contributed by atoms with Gasteiger partial charge >= 0.3 is 36.0 Å². The number of rotatable bonds is 8. The van der Waals surface area contributed by atoms with E-state index in [1.165, 1.54) is 6.08 Å². The maximum atomic E-state index is 14.7. The highest BCUT2D eigenvalue weighted by atomic mass is 19.4. The minimum Gasteiger partial charge on any atom is -0.308 e. The molecule has 0 radical (unpaired) electrons. The third kappa shape index (κ3) is 3.53. The first kappa shape index (κ1) is 26.4. The molecule has 2 aliphatic carbocycles. The number of likely N-dealkylation sites (N-methyl/N-ethyl adjacent to an activating group) is 1. The lowest BCUT2D eigenvalue weighted by molar-refractivity contribution is -0.414. The van der Waals surface area contributed by atoms with Crippen LogP contribution >= 0.6 is 0 Å². The standard InChI is InChI=1S/C21H17F12N/c1-34-15(11-6-7-14-12(9-11)8-10-4-2-3-5-13(10)14)17(24,25)19(28,29)21(32,33)20(30,31)18(26,27)16(22)23/h2-7,9,12,14-16,34H,8H2,1H3. The molecule has 0 aliphatic heterocycles. The number of halogens is 12. The Balaban J connectivity index is 1.98. The summed E-state index contributed by atoms with van der Waals surface area (Å²) in [7, 11) is 0.642. The number of fused-ring (bicyclic) bond motifs is 3. The van der Waals surface area contributed by atoms with Crippen molar-refractivity contribution in [1.29, 1.82) is 0 Å². The number of nitrogens with one attached hydrogen (secondary N) is 1. The van der Waals surface area contributed by atoms with Gasteiger partial charge in [-0.15, -0.1) is 0 Å². The molecule has 2 aliphatic rings. The smallest absolute Gasteiger partial charge is 0.308 e. The number of alkyl halides is 12. The van der Waals surface area contributed by atoms with Crippen molar-refractivity contribution in [3.8, 4) is 0 Å². The van der Waals surface area contributed by atoms with Crippen molar-refractivity contribution < 1.29 is 52.7 Å². The minimum absolute atomic E-state index is 0.280. The molecule has 1 aromatic rings. The molecule has 34 heavy (non-hydrogen) atoms. The highest BCUT2D eigenvalue weighted by molar-refractivity contribution is 5.46. The molecule has 0 saturated heterocycles. The molecule has 0 aromatic heterocycles. The van der Waals surface area contributed by atoms with Crippen LogP contribution in [0.2, 0.25) is 0 Å². The highest BCUT2D eigenvalue weighted by Crippen LogP contribution is 2.59. The average Bonchev–Trinajstić information content (AvgIpc) is 3.11. The van der Waals surface area contributed by atoms with Crippen LogP contribution in [0, 0.1) is 5.92 Å². The van der Waals surface area contributed by atoms with Gasteiger partial charge in [-0.1, -0.05) is 42.5 Å². The zero-order valence-electron chi connectivity index (χ0n) is 17.1. The van der Waals surface area contributed by atoms with E-state index in [0.717, 1.165) is 23.3 Å². The van der Waals surface area contributed by atoms with Gasteiger partial charge in [0.1, 0.15) is 6.04 Å². The summed E-state index contributed by atoms with van der Waals surface area (Å²) >= 11 is 0. The summed E-state index contributed by atoms with van der Waals surface area (Å²) < 4.78 is 164. The first-order valence-corrected chi connectivity index (χ1v) is 9.77. The van der Waals surface area contributed by atoms with E-state index in [1.54, 1.807) is 29.6 Å². The van der Waals surface area contributed by atoms with Gasteiger partial charge in [-0.05, 0) is 36.1 Å². The molecule has 1 aromatic carbocycles. The normalized spacial score (nSPS) is 22.5. The van der Waals surface area contributed by atoms with Gasteiger partial charge in [0.25, 0.3) is 0 Å². The first-order valence-electron chi connectivity index (χ1n) is 9.77. The van der Waals surface area contributed by atoms with Gasteiger partial charge in [0.2, 0.25) is 0 Å². The van der Waals surface area contributed by atoms with Crippen LogP contribution in [-0.4, -0.2) is 49.1 Å². The van der Waals surface area contributed by atoms with E-state index in [9.17, 15) is 52.7 Å². The molecule has 1 nitrogen and oxygen atoms in total. The fourth-order valence-corrected chi connectivity index (χ4v) is 4.27. The third-order valence-electron chi connectivity index (χ3n) is 6.12. The van der Waals surface area contributed by atoms with Crippen LogP contribution in [0.15, 0.2) is 48.1 Å². The summed E-state index contributed by atoms with van der Waals surface area (Å²) in [4.78, 5) is 0. The van der Waals surface area contributed by atoms with Crippen LogP contribution in [-0.2, 0) is 6.42 Å². The monoisotopic (exact) mass is 511 g/mol. The molecule has 0 spiro atoms. The number of hydrogen-bond acceptors (Lipinski definition) is 1. The lowest BCUT2D eigenvalue weighted by Crippen LogP contribution is -2.71. The topological polar surface area (TPSA) is 12.0 Å². The highest BCUT2D eigenvalue weighted by Gasteiger charge is 2.88. The second-order valence-corrected chi connectivity index (χ2v) is 8.11. The van der Waals surface area contributed by atoms with Gasteiger partial charge in [0.05, 0.1) is 0 Å². The molecule has 0 heterocycles. The van der Waals surface area contributed by atoms with Crippen molar-refractivity contribution in [3.63, 3.8) is 0 Å². The Morgan fingerprint density at radius 3 is 1.94 bits per heavy atom. The van der Waals surface area contributed by atoms with Crippen molar-refractivity contribution in [2.24, 2.45) is 5.92 Å². The Kier molecular flexibility index (Phi) is 6.37. The summed E-state index contributed by atoms with van der Waals surface area (Å²) in [6, 6.07) is 3.85. The first-order chi connectivity index (χ1) is 15.4. The van der Waals surface area contributed by atoms with Crippen LogP contribution in [0.25, 0.3) is 0 Å². The summed E-state index contributed by atoms with van der Waals surface area (Å²) in [5, 5.41) is 1.64. The molecule has 0 bridgehead atoms. The zero-order valence-corrected chi connectivity index (χ0v) is 17.1. The van der Waals surface area contributed by atoms with E-state index in [0.29, 0.717) is 7.05 Å². The fourth-order valence-electron chi connectivity index (χ4n) is 4.27. The molecular formula is C21H17F12N. The molecular weight excluding hydrogens is 494 g/mol. The van der Waals surface area contributed by atoms with Crippen LogP contribution < -0.4 is 5.32 Å². The molecule has 0 amide bonds. The van der Waals surface area contributed by atoms with Gasteiger partial charge in [0, 0.05) is 5.92 Å². The largest absolute Gasteiger partial charge is 0.384 e. The Morgan fingerprint density at radius 1 is 0.824 bits per heavy atom.